The molecule has 2 aliphatic heterocycles. The Hall–Kier alpha value is -3.59. The largest absolute Gasteiger partial charge is 0.560 e. The van der Waals surface area contributed by atoms with Crippen LogP contribution in [0.5, 0.6) is 0 Å². The second kappa shape index (κ2) is 11.1. The lowest BCUT2D eigenvalue weighted by atomic mass is 9.83. The van der Waals surface area contributed by atoms with Crippen LogP contribution >= 0.6 is 0 Å². The summed E-state index contributed by atoms with van der Waals surface area (Å²) in [4.78, 5) is 4.41. The quantitative estimate of drug-likeness (QED) is 0.317. The third-order valence-electron chi connectivity index (χ3n) is 9.36. The van der Waals surface area contributed by atoms with Crippen molar-refractivity contribution in [3.05, 3.63) is 107 Å². The molecule has 0 spiro atoms. The first kappa shape index (κ1) is 31.8. The third kappa shape index (κ3) is 4.93. The van der Waals surface area contributed by atoms with Gasteiger partial charge in [0.05, 0.1) is 0 Å². The molecule has 0 N–H and O–H groups in total. The molecular weight excluding hydrogens is 583 g/mol. The molecule has 2 aromatic carbocycles. The Kier molecular flexibility index (Phi) is 8.02. The average Bonchev–Trinajstić information content (AvgIpc) is 3.55. The Morgan fingerprint density at radius 1 is 0.750 bits per heavy atom. The van der Waals surface area contributed by atoms with Gasteiger partial charge >= 0.3 is 15.5 Å². The third-order valence-corrected chi connectivity index (χ3v) is 10.8. The van der Waals surface area contributed by atoms with Gasteiger partial charge in [-0.05, 0) is 62.1 Å². The monoisotopic (exact) mass is 624 g/mol. The lowest BCUT2D eigenvalue weighted by Gasteiger charge is -2.26. The minimum Gasteiger partial charge on any atom is -0.344 e. The van der Waals surface area contributed by atoms with E-state index < -0.39 is 15.5 Å². The minimum absolute atomic E-state index is 0.0868. The first-order valence-electron chi connectivity index (χ1n) is 15.1. The van der Waals surface area contributed by atoms with Crippen LogP contribution in [-0.2, 0) is 20.9 Å². The highest BCUT2D eigenvalue weighted by atomic mass is 32.2. The Bertz CT molecular complexity index is 1660. The molecule has 1 aliphatic carbocycles. The maximum atomic E-state index is 13.8. The topological polar surface area (TPSA) is 43.6 Å². The maximum absolute atomic E-state index is 13.8. The van der Waals surface area contributed by atoms with Crippen LogP contribution in [0.3, 0.4) is 0 Å². The smallest absolute Gasteiger partial charge is 0.344 e. The number of rotatable bonds is 5. The summed E-state index contributed by atoms with van der Waals surface area (Å²) in [5, 5.41) is 0. The van der Waals surface area contributed by atoms with Crippen molar-refractivity contribution in [2.75, 3.05) is 29.9 Å². The number of anilines is 2. The van der Waals surface area contributed by atoms with E-state index in [9.17, 15) is 21.6 Å². The Morgan fingerprint density at radius 2 is 1.14 bits per heavy atom. The van der Waals surface area contributed by atoms with Gasteiger partial charge in [-0.25, -0.2) is 0 Å². The SMILES string of the molecule is CCN1/C(=C/C=C2\CC/C(=C\C=C3\N(CC)c4ccccc4C3(C)C)C2=[N+](C)S(=O)(=O)C(F)(F)F)C(C)(C)c2ccccc21. The van der Waals surface area contributed by atoms with Crippen LogP contribution in [0.1, 0.15) is 65.5 Å². The molecule has 44 heavy (non-hydrogen) atoms. The van der Waals surface area contributed by atoms with E-state index in [0.29, 0.717) is 28.0 Å². The predicted octanol–water partition coefficient (Wildman–Crippen LogP) is 7.97. The first-order valence-corrected chi connectivity index (χ1v) is 16.5. The summed E-state index contributed by atoms with van der Waals surface area (Å²) in [7, 11) is -4.61. The van der Waals surface area contributed by atoms with Crippen LogP contribution in [0, 0.1) is 0 Å². The fourth-order valence-corrected chi connectivity index (χ4v) is 7.82. The number of fused-ring (bicyclic) bond motifs is 2. The highest BCUT2D eigenvalue weighted by Gasteiger charge is 2.55. The van der Waals surface area contributed by atoms with Crippen molar-refractivity contribution >= 4 is 27.1 Å². The van der Waals surface area contributed by atoms with Gasteiger partial charge in [0.2, 0.25) is 5.71 Å². The van der Waals surface area contributed by atoms with E-state index >= 15 is 0 Å². The number of sulfonamides is 1. The number of hydrogen-bond donors (Lipinski definition) is 0. The Morgan fingerprint density at radius 3 is 1.50 bits per heavy atom. The summed E-state index contributed by atoms with van der Waals surface area (Å²) in [6, 6.07) is 16.3. The van der Waals surface area contributed by atoms with E-state index in [0.717, 1.165) is 42.9 Å². The maximum Gasteiger partial charge on any atom is 0.560 e. The zero-order valence-corrected chi connectivity index (χ0v) is 27.3. The number of para-hydroxylation sites is 2. The van der Waals surface area contributed by atoms with Gasteiger partial charge in [0, 0.05) is 57.8 Å². The number of benzene rings is 2. The van der Waals surface area contributed by atoms with E-state index in [-0.39, 0.29) is 16.5 Å². The van der Waals surface area contributed by atoms with Crippen LogP contribution in [0.15, 0.2) is 95.4 Å². The van der Waals surface area contributed by atoms with Gasteiger partial charge in [-0.15, -0.1) is 3.98 Å². The molecule has 0 unspecified atom stereocenters. The van der Waals surface area contributed by atoms with E-state index in [1.54, 1.807) is 0 Å². The van der Waals surface area contributed by atoms with Crippen molar-refractivity contribution in [2.45, 2.75) is 70.7 Å². The number of halogens is 3. The van der Waals surface area contributed by atoms with Crippen molar-refractivity contribution in [1.29, 1.82) is 0 Å². The highest BCUT2D eigenvalue weighted by Crippen LogP contribution is 2.49. The summed E-state index contributed by atoms with van der Waals surface area (Å²) in [5.74, 6) is 0. The zero-order chi connectivity index (χ0) is 32.2. The van der Waals surface area contributed by atoms with Gasteiger partial charge < -0.3 is 9.80 Å². The molecule has 0 saturated heterocycles. The first-order chi connectivity index (χ1) is 20.6. The number of allylic oxidation sites excluding steroid dienone is 8. The Balaban J connectivity index is 1.65. The Labute approximate surface area is 259 Å². The molecule has 5 nitrogen and oxygen atoms in total. The molecule has 2 aromatic rings. The van der Waals surface area contributed by atoms with E-state index in [2.05, 4.69) is 75.6 Å². The molecule has 0 radical (unpaired) electrons. The standard InChI is InChI=1S/C35H41F3N3O2S/c1-8-40-28-16-12-10-14-26(28)33(3,4)30(40)22-20-24-18-19-25(32(24)39(7)44(42,43)35(36,37)38)21-23-31-34(5,6)27-15-11-13-17-29(27)41(31)9-2/h10-17,20-23H,8-9,18-19H2,1-7H3/q+1. The van der Waals surface area contributed by atoms with E-state index in [1.807, 2.05) is 48.6 Å². The van der Waals surface area contributed by atoms with Crippen molar-refractivity contribution in [2.24, 2.45) is 0 Å². The molecule has 1 fully saturated rings. The summed E-state index contributed by atoms with van der Waals surface area (Å²) >= 11 is 0. The van der Waals surface area contributed by atoms with Gasteiger partial charge in [0.1, 0.15) is 0 Å². The van der Waals surface area contributed by atoms with Crippen LogP contribution in [0.4, 0.5) is 24.5 Å². The molecule has 5 rings (SSSR count). The van der Waals surface area contributed by atoms with Crippen molar-refractivity contribution in [3.63, 3.8) is 0 Å². The normalized spacial score (nSPS) is 22.9. The van der Waals surface area contributed by atoms with E-state index in [1.165, 1.54) is 11.1 Å². The molecule has 1 saturated carbocycles. The summed E-state index contributed by atoms with van der Waals surface area (Å²) in [6.45, 7) is 14.1. The second-order valence-electron chi connectivity index (χ2n) is 12.5. The fraction of sp³-hybridized carbons (Fsp3) is 0.400. The molecule has 9 heteroatoms. The number of likely N-dealkylation sites (N-methyl/N-ethyl adjacent to an activating group) is 2. The predicted molar refractivity (Wildman–Crippen MR) is 173 cm³/mol. The van der Waals surface area contributed by atoms with Crippen molar-refractivity contribution in [3.8, 4) is 0 Å². The van der Waals surface area contributed by atoms with Crippen LogP contribution in [0.25, 0.3) is 0 Å². The summed E-state index contributed by atoms with van der Waals surface area (Å²) in [6.07, 6.45) is 8.36. The number of nitrogens with zero attached hydrogens (tertiary/aromatic N) is 3. The average molecular weight is 625 g/mol. The van der Waals surface area contributed by atoms with Crippen LogP contribution < -0.4 is 9.80 Å². The summed E-state index contributed by atoms with van der Waals surface area (Å²) < 4.78 is 67.4. The van der Waals surface area contributed by atoms with E-state index in [4.69, 9.17) is 0 Å². The van der Waals surface area contributed by atoms with Gasteiger partial charge in [-0.2, -0.15) is 21.6 Å². The van der Waals surface area contributed by atoms with Gasteiger partial charge in [0.25, 0.3) is 0 Å². The minimum atomic E-state index is -5.61. The number of alkyl halides is 3. The van der Waals surface area contributed by atoms with Crippen molar-refractivity contribution < 1.29 is 25.6 Å². The molecule has 0 bridgehead atoms. The number of hydrogen-bond acceptors (Lipinski definition) is 4. The van der Waals surface area contributed by atoms with Crippen LogP contribution in [-0.4, -0.2) is 43.8 Å². The van der Waals surface area contributed by atoms with Gasteiger partial charge in [-0.1, -0.05) is 76.2 Å². The molecular formula is C35H41F3N3O2S+. The molecule has 0 atom stereocenters. The molecule has 3 aliphatic rings. The summed E-state index contributed by atoms with van der Waals surface area (Å²) in [5.41, 5.74) is 1.69. The lowest BCUT2D eigenvalue weighted by molar-refractivity contribution is -0.340. The molecule has 234 valence electrons. The highest BCUT2D eigenvalue weighted by molar-refractivity contribution is 7.86. The van der Waals surface area contributed by atoms with Crippen LogP contribution in [0.2, 0.25) is 0 Å². The second-order valence-corrected chi connectivity index (χ2v) is 14.5. The lowest BCUT2D eigenvalue weighted by Crippen LogP contribution is -2.35. The molecule has 2 heterocycles. The molecule has 0 aromatic heterocycles. The van der Waals surface area contributed by atoms with Gasteiger partial charge in [-0.3, -0.25) is 0 Å². The fourth-order valence-electron chi connectivity index (χ4n) is 7.04. The van der Waals surface area contributed by atoms with Crippen molar-refractivity contribution in [1.82, 2.24) is 0 Å². The molecule has 0 amide bonds. The van der Waals surface area contributed by atoms with Gasteiger partial charge in [0.15, 0.2) is 7.05 Å². The zero-order valence-electron chi connectivity index (χ0n) is 26.5.